The molecular weight excluding hydrogens is 395 g/mol. The maximum atomic E-state index is 10.9. The second-order valence-corrected chi connectivity index (χ2v) is 5.00. The Balaban J connectivity index is 0.00000242. The van der Waals surface area contributed by atoms with E-state index in [0.29, 0.717) is 18.4 Å². The zero-order valence-electron chi connectivity index (χ0n) is 12.8. The lowest BCUT2D eigenvalue weighted by Gasteiger charge is -2.10. The van der Waals surface area contributed by atoms with Crippen molar-refractivity contribution in [2.75, 3.05) is 6.61 Å². The average Bonchev–Trinajstić information content (AvgIpc) is 2.47. The third kappa shape index (κ3) is 4.16. The van der Waals surface area contributed by atoms with Gasteiger partial charge in [-0.15, -0.1) is 0 Å². The molecule has 118 valence electrons. The standard InChI is InChI=1S/C16H19N2O3.HI/c1-4-21-16-11-14(18(19)20)5-6-15(16)13-7-9-17(10-8-13)12(2)3;/h5-12H,4H2,1-3H3;1H/q+1;/p-1. The molecule has 0 bridgehead atoms. The molecule has 0 saturated carbocycles. The zero-order chi connectivity index (χ0) is 15.4. The molecule has 2 aromatic rings. The summed E-state index contributed by atoms with van der Waals surface area (Å²) in [6, 6.07) is 9.08. The van der Waals surface area contributed by atoms with Gasteiger partial charge in [-0.25, -0.2) is 4.57 Å². The largest absolute Gasteiger partial charge is 1.00 e. The number of aromatic nitrogens is 1. The van der Waals surface area contributed by atoms with Crippen molar-refractivity contribution in [1.82, 2.24) is 0 Å². The van der Waals surface area contributed by atoms with E-state index in [-0.39, 0.29) is 29.7 Å². The third-order valence-electron chi connectivity index (χ3n) is 3.24. The number of non-ortho nitro benzene ring substituents is 1. The van der Waals surface area contributed by atoms with Gasteiger partial charge in [0.05, 0.1) is 17.6 Å². The van der Waals surface area contributed by atoms with E-state index in [2.05, 4.69) is 18.4 Å². The Morgan fingerprint density at radius 2 is 1.86 bits per heavy atom. The number of ether oxygens (including phenoxy) is 1. The SMILES string of the molecule is CCOc1cc([N+](=O)[O-])ccc1-c1cc[n+](C(C)C)cc1.[I-]. The highest BCUT2D eigenvalue weighted by atomic mass is 127. The predicted octanol–water partition coefficient (Wildman–Crippen LogP) is 0.533. The fourth-order valence-corrected chi connectivity index (χ4v) is 2.10. The van der Waals surface area contributed by atoms with Crippen molar-refractivity contribution < 1.29 is 38.2 Å². The molecule has 1 heterocycles. The van der Waals surface area contributed by atoms with Crippen LogP contribution in [0, 0.1) is 10.1 Å². The molecule has 0 radical (unpaired) electrons. The highest BCUT2D eigenvalue weighted by Crippen LogP contribution is 2.33. The summed E-state index contributed by atoms with van der Waals surface area (Å²) in [5.74, 6) is 0.536. The van der Waals surface area contributed by atoms with Gasteiger partial charge in [0.1, 0.15) is 5.75 Å². The molecule has 0 fully saturated rings. The summed E-state index contributed by atoms with van der Waals surface area (Å²) in [5.41, 5.74) is 1.87. The zero-order valence-corrected chi connectivity index (χ0v) is 15.0. The van der Waals surface area contributed by atoms with Crippen LogP contribution in [0.15, 0.2) is 42.7 Å². The molecule has 0 amide bonds. The number of halogens is 1. The van der Waals surface area contributed by atoms with Crippen LogP contribution >= 0.6 is 0 Å². The highest BCUT2D eigenvalue weighted by Gasteiger charge is 2.14. The van der Waals surface area contributed by atoms with Crippen LogP contribution in [0.2, 0.25) is 0 Å². The third-order valence-corrected chi connectivity index (χ3v) is 3.24. The van der Waals surface area contributed by atoms with E-state index in [4.69, 9.17) is 4.74 Å². The highest BCUT2D eigenvalue weighted by molar-refractivity contribution is 5.71. The molecule has 1 aromatic carbocycles. The molecule has 5 nitrogen and oxygen atoms in total. The summed E-state index contributed by atoms with van der Waals surface area (Å²) in [7, 11) is 0. The van der Waals surface area contributed by atoms with Gasteiger partial charge < -0.3 is 28.7 Å². The van der Waals surface area contributed by atoms with Gasteiger partial charge in [-0.3, -0.25) is 10.1 Å². The molecule has 0 spiro atoms. The number of nitro groups is 1. The van der Waals surface area contributed by atoms with Crippen LogP contribution in [-0.4, -0.2) is 11.5 Å². The van der Waals surface area contributed by atoms with Crippen molar-refractivity contribution in [3.05, 3.63) is 52.8 Å². The van der Waals surface area contributed by atoms with Gasteiger partial charge in [0.25, 0.3) is 5.69 Å². The topological polar surface area (TPSA) is 56.3 Å². The van der Waals surface area contributed by atoms with E-state index in [9.17, 15) is 10.1 Å². The van der Waals surface area contributed by atoms with Crippen molar-refractivity contribution in [2.45, 2.75) is 26.8 Å². The van der Waals surface area contributed by atoms with Crippen molar-refractivity contribution in [3.63, 3.8) is 0 Å². The molecule has 0 N–H and O–H groups in total. The van der Waals surface area contributed by atoms with Crippen molar-refractivity contribution in [1.29, 1.82) is 0 Å². The maximum absolute atomic E-state index is 10.9. The summed E-state index contributed by atoms with van der Waals surface area (Å²) in [6.07, 6.45) is 3.99. The minimum atomic E-state index is -0.413. The minimum Gasteiger partial charge on any atom is -1.00 e. The molecule has 0 unspecified atom stereocenters. The van der Waals surface area contributed by atoms with Crippen LogP contribution in [-0.2, 0) is 0 Å². The van der Waals surface area contributed by atoms with Crippen LogP contribution in [0.5, 0.6) is 5.75 Å². The first-order chi connectivity index (χ1) is 10.0. The lowest BCUT2D eigenvalue weighted by molar-refractivity contribution is -0.716. The van der Waals surface area contributed by atoms with Crippen LogP contribution in [0.4, 0.5) is 5.69 Å². The second-order valence-electron chi connectivity index (χ2n) is 5.00. The summed E-state index contributed by atoms with van der Waals surface area (Å²) < 4.78 is 7.64. The normalized spacial score (nSPS) is 10.2. The van der Waals surface area contributed by atoms with E-state index >= 15 is 0 Å². The Hall–Kier alpha value is -1.70. The smallest absolute Gasteiger partial charge is 0.273 e. The number of hydrogen-bond donors (Lipinski definition) is 0. The molecule has 0 aliphatic rings. The molecule has 6 heteroatoms. The first-order valence-corrected chi connectivity index (χ1v) is 6.95. The number of nitrogens with zero attached hydrogens (tertiary/aromatic N) is 2. The predicted molar refractivity (Wildman–Crippen MR) is 80.3 cm³/mol. The summed E-state index contributed by atoms with van der Waals surface area (Å²) in [5, 5.41) is 10.9. The second kappa shape index (κ2) is 8.07. The molecule has 0 aliphatic carbocycles. The molecular formula is C16H19IN2O3. The number of hydrogen-bond acceptors (Lipinski definition) is 3. The molecule has 0 aliphatic heterocycles. The lowest BCUT2D eigenvalue weighted by atomic mass is 10.1. The first-order valence-electron chi connectivity index (χ1n) is 6.95. The monoisotopic (exact) mass is 414 g/mol. The van der Waals surface area contributed by atoms with Gasteiger partial charge in [0.15, 0.2) is 18.4 Å². The summed E-state index contributed by atoms with van der Waals surface area (Å²) >= 11 is 0. The van der Waals surface area contributed by atoms with Gasteiger partial charge in [-0.1, -0.05) is 0 Å². The summed E-state index contributed by atoms with van der Waals surface area (Å²) in [6.45, 7) is 6.54. The van der Waals surface area contributed by atoms with Crippen LogP contribution in [0.1, 0.15) is 26.8 Å². The molecule has 1 aromatic heterocycles. The van der Waals surface area contributed by atoms with Crippen molar-refractivity contribution >= 4 is 5.69 Å². The number of nitro benzene ring substituents is 1. The fraction of sp³-hybridized carbons (Fsp3) is 0.312. The van der Waals surface area contributed by atoms with Gasteiger partial charge in [0.2, 0.25) is 0 Å². The number of rotatable bonds is 5. The van der Waals surface area contributed by atoms with Crippen LogP contribution in [0.25, 0.3) is 11.1 Å². The van der Waals surface area contributed by atoms with Gasteiger partial charge in [-0.05, 0) is 32.4 Å². The van der Waals surface area contributed by atoms with Crippen LogP contribution < -0.4 is 33.3 Å². The van der Waals surface area contributed by atoms with E-state index in [0.717, 1.165) is 11.1 Å². The van der Waals surface area contributed by atoms with Gasteiger partial charge in [0, 0.05) is 23.8 Å². The Labute approximate surface area is 147 Å². The Morgan fingerprint density at radius 1 is 1.23 bits per heavy atom. The Kier molecular flexibility index (Phi) is 6.73. The van der Waals surface area contributed by atoms with Crippen molar-refractivity contribution in [3.8, 4) is 16.9 Å². The van der Waals surface area contributed by atoms with Crippen LogP contribution in [0.3, 0.4) is 0 Å². The number of benzene rings is 1. The maximum Gasteiger partial charge on any atom is 0.273 e. The minimum absolute atomic E-state index is 0. The Morgan fingerprint density at radius 3 is 2.36 bits per heavy atom. The molecule has 22 heavy (non-hydrogen) atoms. The lowest BCUT2D eigenvalue weighted by Crippen LogP contribution is -3.00. The Bertz CT molecular complexity index is 642. The summed E-state index contributed by atoms with van der Waals surface area (Å²) in [4.78, 5) is 10.5. The quantitative estimate of drug-likeness (QED) is 0.311. The van der Waals surface area contributed by atoms with E-state index in [1.54, 1.807) is 6.07 Å². The van der Waals surface area contributed by atoms with E-state index < -0.39 is 4.92 Å². The first kappa shape index (κ1) is 18.3. The van der Waals surface area contributed by atoms with Crippen molar-refractivity contribution in [2.24, 2.45) is 0 Å². The molecule has 0 atom stereocenters. The average molecular weight is 414 g/mol. The van der Waals surface area contributed by atoms with Gasteiger partial charge in [-0.2, -0.15) is 0 Å². The van der Waals surface area contributed by atoms with E-state index in [1.165, 1.54) is 12.1 Å². The molecule has 0 saturated heterocycles. The number of pyridine rings is 1. The fourth-order valence-electron chi connectivity index (χ4n) is 2.10. The van der Waals surface area contributed by atoms with Gasteiger partial charge >= 0.3 is 0 Å². The molecule has 2 rings (SSSR count). The van der Waals surface area contributed by atoms with E-state index in [1.807, 2.05) is 31.5 Å².